The minimum atomic E-state index is -1.20. The number of thiophene rings is 1. The highest BCUT2D eigenvalue weighted by Crippen LogP contribution is 2.34. The van der Waals surface area contributed by atoms with Gasteiger partial charge in [0.1, 0.15) is 11.9 Å². The van der Waals surface area contributed by atoms with Crippen molar-refractivity contribution in [3.8, 4) is 0 Å². The molecule has 1 unspecified atom stereocenters. The minimum Gasteiger partial charge on any atom is -0.506 e. The molecule has 3 N–H and O–H groups in total. The molecule has 4 nitrogen and oxygen atoms in total. The topological polar surface area (TPSA) is 77.2 Å². The minimum absolute atomic E-state index is 0.0139. The maximum atomic E-state index is 10.9. The van der Waals surface area contributed by atoms with E-state index in [0.29, 0.717) is 21.0 Å². The number of rotatable bonds is 5. The van der Waals surface area contributed by atoms with Gasteiger partial charge in [0.25, 0.3) is 0 Å². The van der Waals surface area contributed by atoms with Gasteiger partial charge >= 0.3 is 0 Å². The Kier molecular flexibility index (Phi) is 5.88. The summed E-state index contributed by atoms with van der Waals surface area (Å²) in [6.45, 7) is 0. The van der Waals surface area contributed by atoms with Crippen molar-refractivity contribution < 1.29 is 10.2 Å². The summed E-state index contributed by atoms with van der Waals surface area (Å²) in [5, 5.41) is 30.8. The van der Waals surface area contributed by atoms with E-state index in [-0.39, 0.29) is 17.0 Å². The van der Waals surface area contributed by atoms with Crippen LogP contribution in [0.3, 0.4) is 0 Å². The second-order valence-corrected chi connectivity index (χ2v) is 8.34. The number of benzene rings is 1. The predicted molar refractivity (Wildman–Crippen MR) is 109 cm³/mol. The molecule has 7 heteroatoms. The van der Waals surface area contributed by atoms with Gasteiger partial charge in [-0.3, -0.25) is 10.4 Å². The lowest BCUT2D eigenvalue weighted by Crippen LogP contribution is -2.14. The first kappa shape index (κ1) is 18.8. The van der Waals surface area contributed by atoms with Crippen LogP contribution in [0, 0.1) is 5.41 Å². The lowest BCUT2D eigenvalue weighted by molar-refractivity contribution is 0.219. The highest BCUT2D eigenvalue weighted by Gasteiger charge is 2.25. The van der Waals surface area contributed by atoms with Crippen LogP contribution in [0.5, 0.6) is 0 Å². The zero-order valence-electron chi connectivity index (χ0n) is 13.4. The average Bonchev–Trinajstić information content (AvgIpc) is 3.09. The van der Waals surface area contributed by atoms with Crippen molar-refractivity contribution in [1.82, 2.24) is 4.98 Å². The van der Waals surface area contributed by atoms with Crippen molar-refractivity contribution >= 4 is 50.3 Å². The normalized spacial score (nSPS) is 13.2. The number of pyridine rings is 1. The number of hydrogen-bond acceptors (Lipinski definition) is 5. The van der Waals surface area contributed by atoms with Crippen LogP contribution in [0.2, 0.25) is 5.02 Å². The Balaban J connectivity index is 2.12. The van der Waals surface area contributed by atoms with Gasteiger partial charge in [-0.25, -0.2) is 0 Å². The van der Waals surface area contributed by atoms with Crippen LogP contribution in [-0.2, 0) is 0 Å². The molecule has 0 aliphatic heterocycles. The standard InChI is InChI=1S/C19H14BrClN2O2S/c20-15-8-7-14(26-15)19(25)16(18(24)12-2-1-9-23-10-12)17(22)11-3-5-13(21)6-4-11/h1-10,18,22,24-25H/b19-16+,22-17?. The first-order chi connectivity index (χ1) is 12.5. The summed E-state index contributed by atoms with van der Waals surface area (Å²) in [4.78, 5) is 4.56. The number of nitrogens with zero attached hydrogens (tertiary/aromatic N) is 1. The Labute approximate surface area is 168 Å². The van der Waals surface area contributed by atoms with Crippen molar-refractivity contribution in [2.24, 2.45) is 0 Å². The molecular weight excluding hydrogens is 436 g/mol. The summed E-state index contributed by atoms with van der Waals surface area (Å²) < 4.78 is 0.840. The summed E-state index contributed by atoms with van der Waals surface area (Å²) in [6, 6.07) is 13.6. The molecule has 0 fully saturated rings. The van der Waals surface area contributed by atoms with Crippen LogP contribution in [0.4, 0.5) is 0 Å². The van der Waals surface area contributed by atoms with Gasteiger partial charge in [-0.05, 0) is 46.3 Å². The van der Waals surface area contributed by atoms with E-state index in [0.717, 1.165) is 3.79 Å². The van der Waals surface area contributed by atoms with Crippen molar-refractivity contribution in [3.63, 3.8) is 0 Å². The van der Waals surface area contributed by atoms with Crippen LogP contribution in [0.25, 0.3) is 5.76 Å². The summed E-state index contributed by atoms with van der Waals surface area (Å²) >= 11 is 10.6. The Morgan fingerprint density at radius 2 is 1.88 bits per heavy atom. The van der Waals surface area contributed by atoms with Crippen molar-refractivity contribution in [3.05, 3.63) is 91.3 Å². The monoisotopic (exact) mass is 448 g/mol. The second-order valence-electron chi connectivity index (χ2n) is 5.44. The molecule has 0 spiro atoms. The third-order valence-electron chi connectivity index (χ3n) is 3.74. The van der Waals surface area contributed by atoms with Gasteiger partial charge < -0.3 is 10.2 Å². The Morgan fingerprint density at radius 3 is 2.46 bits per heavy atom. The summed E-state index contributed by atoms with van der Waals surface area (Å²) in [7, 11) is 0. The molecule has 2 heterocycles. The molecule has 3 aromatic rings. The van der Waals surface area contributed by atoms with Gasteiger partial charge in [-0.2, -0.15) is 0 Å². The maximum absolute atomic E-state index is 10.9. The highest BCUT2D eigenvalue weighted by atomic mass is 79.9. The number of halogens is 2. The summed E-state index contributed by atoms with van der Waals surface area (Å²) in [5.41, 5.74) is 1.15. The van der Waals surface area contributed by atoms with E-state index in [1.807, 2.05) is 0 Å². The zero-order valence-corrected chi connectivity index (χ0v) is 16.5. The molecule has 26 heavy (non-hydrogen) atoms. The summed E-state index contributed by atoms with van der Waals surface area (Å²) in [6.07, 6.45) is 1.91. The molecule has 0 aliphatic rings. The molecule has 0 amide bonds. The van der Waals surface area contributed by atoms with E-state index in [2.05, 4.69) is 20.9 Å². The van der Waals surface area contributed by atoms with Gasteiger partial charge in [0.05, 0.1) is 19.9 Å². The molecule has 1 atom stereocenters. The molecule has 0 bridgehead atoms. The first-order valence-electron chi connectivity index (χ1n) is 7.59. The van der Waals surface area contributed by atoms with Gasteiger partial charge in [-0.15, -0.1) is 11.3 Å². The van der Waals surface area contributed by atoms with E-state index < -0.39 is 6.10 Å². The highest BCUT2D eigenvalue weighted by molar-refractivity contribution is 9.11. The molecule has 0 saturated heterocycles. The number of aromatic nitrogens is 1. The van der Waals surface area contributed by atoms with Gasteiger partial charge in [0, 0.05) is 28.5 Å². The van der Waals surface area contributed by atoms with Crippen LogP contribution in [-0.4, -0.2) is 20.9 Å². The fourth-order valence-corrected chi connectivity index (χ4v) is 3.91. The van der Waals surface area contributed by atoms with Crippen molar-refractivity contribution in [2.45, 2.75) is 6.10 Å². The Hall–Kier alpha value is -1.99. The zero-order chi connectivity index (χ0) is 18.7. The van der Waals surface area contributed by atoms with Crippen LogP contribution in [0.15, 0.2) is 70.3 Å². The molecule has 0 radical (unpaired) electrons. The summed E-state index contributed by atoms with van der Waals surface area (Å²) in [5.74, 6) is -0.142. The third-order valence-corrected chi connectivity index (χ3v) is 5.62. The van der Waals surface area contributed by atoms with E-state index >= 15 is 0 Å². The molecule has 1 aromatic carbocycles. The molecule has 132 valence electrons. The number of hydrogen-bond donors (Lipinski definition) is 3. The van der Waals surface area contributed by atoms with Crippen LogP contribution >= 0.6 is 38.9 Å². The second kappa shape index (κ2) is 8.14. The maximum Gasteiger partial charge on any atom is 0.141 e. The lowest BCUT2D eigenvalue weighted by atomic mass is 9.93. The lowest BCUT2D eigenvalue weighted by Gasteiger charge is -2.18. The fourth-order valence-electron chi connectivity index (χ4n) is 2.44. The van der Waals surface area contributed by atoms with Crippen molar-refractivity contribution in [1.29, 1.82) is 5.41 Å². The Bertz CT molecular complexity index is 955. The molecule has 0 saturated carbocycles. The first-order valence-corrected chi connectivity index (χ1v) is 9.58. The largest absolute Gasteiger partial charge is 0.506 e. The quantitative estimate of drug-likeness (QED) is 0.349. The molecule has 3 rings (SSSR count). The van der Waals surface area contributed by atoms with Crippen LogP contribution < -0.4 is 0 Å². The van der Waals surface area contributed by atoms with Crippen molar-refractivity contribution in [2.75, 3.05) is 0 Å². The van der Waals surface area contributed by atoms with E-state index in [9.17, 15) is 10.2 Å². The Morgan fingerprint density at radius 1 is 1.15 bits per heavy atom. The number of aliphatic hydroxyl groups excluding tert-OH is 2. The molecular formula is C19H14BrClN2O2S. The van der Waals surface area contributed by atoms with E-state index in [1.54, 1.807) is 54.7 Å². The van der Waals surface area contributed by atoms with Gasteiger partial charge in [0.2, 0.25) is 0 Å². The van der Waals surface area contributed by atoms with Gasteiger partial charge in [-0.1, -0.05) is 29.8 Å². The third kappa shape index (κ3) is 4.04. The van der Waals surface area contributed by atoms with Gasteiger partial charge in [0.15, 0.2) is 0 Å². The smallest absolute Gasteiger partial charge is 0.141 e. The average molecular weight is 450 g/mol. The van der Waals surface area contributed by atoms with E-state index in [1.165, 1.54) is 17.5 Å². The SMILES string of the molecule is N=C(/C(=C(\O)c1ccc(Br)s1)C(O)c1cccnc1)c1ccc(Cl)cc1. The number of nitrogens with one attached hydrogen (secondary N) is 1. The fraction of sp³-hybridized carbons (Fsp3) is 0.0526. The molecule has 2 aromatic heterocycles. The van der Waals surface area contributed by atoms with E-state index in [4.69, 9.17) is 17.0 Å². The van der Waals surface area contributed by atoms with Crippen LogP contribution in [0.1, 0.15) is 22.1 Å². The molecule has 0 aliphatic carbocycles. The predicted octanol–water partition coefficient (Wildman–Crippen LogP) is 5.63. The number of aliphatic hydroxyl groups is 2.